The van der Waals surface area contributed by atoms with Crippen LogP contribution >= 0.6 is 0 Å². The van der Waals surface area contributed by atoms with Gasteiger partial charge in [0.25, 0.3) is 0 Å². The highest BCUT2D eigenvalue weighted by atomic mass is 16.4. The van der Waals surface area contributed by atoms with Crippen molar-refractivity contribution in [2.45, 2.75) is 38.5 Å². The summed E-state index contributed by atoms with van der Waals surface area (Å²) in [5, 5.41) is 12.0. The molecule has 1 saturated carbocycles. The van der Waals surface area contributed by atoms with E-state index in [0.717, 1.165) is 19.5 Å². The van der Waals surface area contributed by atoms with Crippen LogP contribution in [0.4, 0.5) is 0 Å². The lowest BCUT2D eigenvalue weighted by Crippen LogP contribution is -2.14. The fourth-order valence-corrected chi connectivity index (χ4v) is 2.90. The minimum Gasteiger partial charge on any atom is -0.481 e. The van der Waals surface area contributed by atoms with Crippen LogP contribution in [-0.4, -0.2) is 24.2 Å². The Kier molecular flexibility index (Phi) is 2.77. The van der Waals surface area contributed by atoms with Crippen LogP contribution in [0.25, 0.3) is 0 Å². The molecule has 1 saturated heterocycles. The highest BCUT2D eigenvalue weighted by Crippen LogP contribution is 2.60. The first kappa shape index (κ1) is 9.97. The van der Waals surface area contributed by atoms with Crippen molar-refractivity contribution in [3.05, 3.63) is 0 Å². The predicted molar refractivity (Wildman–Crippen MR) is 54.1 cm³/mol. The molecule has 14 heavy (non-hydrogen) atoms. The Labute approximate surface area is 84.9 Å². The van der Waals surface area contributed by atoms with E-state index in [9.17, 15) is 4.79 Å². The van der Waals surface area contributed by atoms with Gasteiger partial charge in [-0.05, 0) is 56.5 Å². The van der Waals surface area contributed by atoms with Gasteiger partial charge in [-0.1, -0.05) is 0 Å². The van der Waals surface area contributed by atoms with Crippen molar-refractivity contribution in [3.8, 4) is 0 Å². The van der Waals surface area contributed by atoms with Crippen LogP contribution in [0.1, 0.15) is 38.5 Å². The molecule has 1 aliphatic heterocycles. The zero-order valence-electron chi connectivity index (χ0n) is 8.59. The maximum absolute atomic E-state index is 10.5. The van der Waals surface area contributed by atoms with Crippen molar-refractivity contribution in [1.29, 1.82) is 0 Å². The number of rotatable bonds is 3. The highest BCUT2D eigenvalue weighted by Gasteiger charge is 2.52. The number of nitrogens with one attached hydrogen (secondary N) is 1. The molecular weight excluding hydrogens is 178 g/mol. The molecule has 3 heteroatoms. The molecule has 2 N–H and O–H groups in total. The standard InChI is InChI=1S/C11H19NO2/c13-10(14)3-2-9-8-11(9)4-1-6-12-7-5-11/h9,12H,1-8H2,(H,13,14). The van der Waals surface area contributed by atoms with Crippen LogP contribution in [0.15, 0.2) is 0 Å². The molecule has 0 radical (unpaired) electrons. The fourth-order valence-electron chi connectivity index (χ4n) is 2.90. The van der Waals surface area contributed by atoms with Gasteiger partial charge in [0.05, 0.1) is 0 Å². The molecule has 2 rings (SSSR count). The van der Waals surface area contributed by atoms with Crippen molar-refractivity contribution < 1.29 is 9.90 Å². The molecule has 2 aliphatic rings. The predicted octanol–water partition coefficient (Wildman–Crippen LogP) is 1.63. The van der Waals surface area contributed by atoms with Gasteiger partial charge < -0.3 is 10.4 Å². The van der Waals surface area contributed by atoms with E-state index in [2.05, 4.69) is 5.32 Å². The van der Waals surface area contributed by atoms with E-state index >= 15 is 0 Å². The van der Waals surface area contributed by atoms with E-state index in [-0.39, 0.29) is 0 Å². The molecule has 0 aromatic rings. The Bertz CT molecular complexity index is 219. The van der Waals surface area contributed by atoms with Gasteiger partial charge in [-0.25, -0.2) is 0 Å². The highest BCUT2D eigenvalue weighted by molar-refractivity contribution is 5.66. The monoisotopic (exact) mass is 197 g/mol. The molecule has 2 unspecified atom stereocenters. The summed E-state index contributed by atoms with van der Waals surface area (Å²) in [6, 6.07) is 0. The van der Waals surface area contributed by atoms with Crippen molar-refractivity contribution in [2.75, 3.05) is 13.1 Å². The molecular formula is C11H19NO2. The van der Waals surface area contributed by atoms with Crippen LogP contribution in [0.2, 0.25) is 0 Å². The molecule has 0 aromatic carbocycles. The van der Waals surface area contributed by atoms with E-state index in [0.29, 0.717) is 17.8 Å². The largest absolute Gasteiger partial charge is 0.481 e. The number of hydrogen-bond donors (Lipinski definition) is 2. The fraction of sp³-hybridized carbons (Fsp3) is 0.909. The van der Waals surface area contributed by atoms with Crippen molar-refractivity contribution in [2.24, 2.45) is 11.3 Å². The Morgan fingerprint density at radius 1 is 1.43 bits per heavy atom. The summed E-state index contributed by atoms with van der Waals surface area (Å²) in [6.45, 7) is 2.27. The topological polar surface area (TPSA) is 49.3 Å². The summed E-state index contributed by atoms with van der Waals surface area (Å²) in [6.07, 6.45) is 6.38. The van der Waals surface area contributed by atoms with Crippen LogP contribution < -0.4 is 5.32 Å². The third kappa shape index (κ3) is 2.08. The summed E-state index contributed by atoms with van der Waals surface area (Å²) in [4.78, 5) is 10.5. The van der Waals surface area contributed by atoms with E-state index in [1.807, 2.05) is 0 Å². The van der Waals surface area contributed by atoms with Gasteiger partial charge >= 0.3 is 5.97 Å². The molecule has 1 heterocycles. The lowest BCUT2D eigenvalue weighted by molar-refractivity contribution is -0.137. The summed E-state index contributed by atoms with van der Waals surface area (Å²) in [5.74, 6) is 0.0669. The van der Waals surface area contributed by atoms with E-state index in [1.165, 1.54) is 25.7 Å². The smallest absolute Gasteiger partial charge is 0.303 e. The average molecular weight is 197 g/mol. The third-order valence-electron chi connectivity index (χ3n) is 3.89. The number of carboxylic acid groups (broad SMARTS) is 1. The second-order valence-corrected chi connectivity index (χ2v) is 4.80. The van der Waals surface area contributed by atoms with Crippen LogP contribution in [0.3, 0.4) is 0 Å². The van der Waals surface area contributed by atoms with E-state index < -0.39 is 5.97 Å². The molecule has 80 valence electrons. The third-order valence-corrected chi connectivity index (χ3v) is 3.89. The number of carbonyl (C=O) groups is 1. The van der Waals surface area contributed by atoms with Crippen molar-refractivity contribution in [3.63, 3.8) is 0 Å². The molecule has 2 fully saturated rings. The Balaban J connectivity index is 1.79. The minimum absolute atomic E-state index is 0.361. The van der Waals surface area contributed by atoms with Crippen LogP contribution in [0.5, 0.6) is 0 Å². The lowest BCUT2D eigenvalue weighted by atomic mass is 9.93. The normalized spacial score (nSPS) is 36.7. The first-order valence-corrected chi connectivity index (χ1v) is 5.65. The number of aliphatic carboxylic acids is 1. The van der Waals surface area contributed by atoms with Gasteiger partial charge in [-0.15, -0.1) is 0 Å². The Hall–Kier alpha value is -0.570. The van der Waals surface area contributed by atoms with E-state index in [4.69, 9.17) is 5.11 Å². The zero-order chi connectivity index (χ0) is 10.0. The van der Waals surface area contributed by atoms with Gasteiger partial charge in [0.1, 0.15) is 0 Å². The Morgan fingerprint density at radius 2 is 2.29 bits per heavy atom. The maximum Gasteiger partial charge on any atom is 0.303 e. The minimum atomic E-state index is -0.640. The van der Waals surface area contributed by atoms with E-state index in [1.54, 1.807) is 0 Å². The molecule has 3 nitrogen and oxygen atoms in total. The van der Waals surface area contributed by atoms with Crippen molar-refractivity contribution in [1.82, 2.24) is 5.32 Å². The van der Waals surface area contributed by atoms with Gasteiger partial charge in [-0.3, -0.25) is 4.79 Å². The summed E-state index contributed by atoms with van der Waals surface area (Å²) in [5.41, 5.74) is 0.541. The molecule has 0 amide bonds. The first-order chi connectivity index (χ1) is 6.73. The molecule has 1 spiro atoms. The second kappa shape index (κ2) is 3.89. The van der Waals surface area contributed by atoms with Crippen LogP contribution in [0, 0.1) is 11.3 Å². The average Bonchev–Trinajstić information content (AvgIpc) is 2.88. The zero-order valence-corrected chi connectivity index (χ0v) is 8.59. The molecule has 0 aromatic heterocycles. The molecule has 2 atom stereocenters. The van der Waals surface area contributed by atoms with Crippen molar-refractivity contribution >= 4 is 5.97 Å². The van der Waals surface area contributed by atoms with Gasteiger partial charge in [0.2, 0.25) is 0 Å². The quantitative estimate of drug-likeness (QED) is 0.723. The lowest BCUT2D eigenvalue weighted by Gasteiger charge is -2.12. The maximum atomic E-state index is 10.5. The van der Waals surface area contributed by atoms with Gasteiger partial charge in [0, 0.05) is 6.42 Å². The Morgan fingerprint density at radius 3 is 3.07 bits per heavy atom. The molecule has 0 bridgehead atoms. The van der Waals surface area contributed by atoms with Gasteiger partial charge in [0.15, 0.2) is 0 Å². The van der Waals surface area contributed by atoms with Crippen LogP contribution in [-0.2, 0) is 4.79 Å². The molecule has 1 aliphatic carbocycles. The number of hydrogen-bond acceptors (Lipinski definition) is 2. The summed E-state index contributed by atoms with van der Waals surface area (Å²) >= 11 is 0. The number of carboxylic acids is 1. The first-order valence-electron chi connectivity index (χ1n) is 5.65. The summed E-state index contributed by atoms with van der Waals surface area (Å²) in [7, 11) is 0. The van der Waals surface area contributed by atoms with Gasteiger partial charge in [-0.2, -0.15) is 0 Å². The SMILES string of the molecule is O=C(O)CCC1CC12CCCNCC2. The second-order valence-electron chi connectivity index (χ2n) is 4.80. The summed E-state index contributed by atoms with van der Waals surface area (Å²) < 4.78 is 0.